The summed E-state index contributed by atoms with van der Waals surface area (Å²) in [5.41, 5.74) is 0. The molecule has 2 nitrogen and oxygen atoms in total. The Morgan fingerprint density at radius 1 is 1.78 bits per heavy atom. The van der Waals surface area contributed by atoms with Crippen molar-refractivity contribution in [2.75, 3.05) is 6.67 Å². The Kier molecular flexibility index (Phi) is 6.02. The molecule has 0 saturated heterocycles. The molecule has 1 heterocycles. The first kappa shape index (κ1) is 7.88. The highest BCUT2D eigenvalue weighted by atomic mass is 19.1. The third kappa shape index (κ3) is 6.88. The van der Waals surface area contributed by atoms with Crippen LogP contribution in [0.5, 0.6) is 0 Å². The molecule has 0 atom stereocenters. The van der Waals surface area contributed by atoms with Crippen LogP contribution in [0.25, 0.3) is 0 Å². The molecule has 0 saturated carbocycles. The summed E-state index contributed by atoms with van der Waals surface area (Å²) in [6, 6.07) is 1.83. The molecule has 0 aliphatic carbocycles. The fourth-order valence-electron chi connectivity index (χ4n) is 0.215. The van der Waals surface area contributed by atoms with Gasteiger partial charge in [0.25, 0.3) is 0 Å². The average molecular weight is 128 g/mol. The number of alkyl halides is 1. The van der Waals surface area contributed by atoms with Crippen molar-refractivity contribution in [2.45, 2.75) is 0 Å². The Balaban J connectivity index is 0.000000148. The first-order valence-electron chi connectivity index (χ1n) is 2.52. The van der Waals surface area contributed by atoms with Gasteiger partial charge in [-0.05, 0) is 6.07 Å². The van der Waals surface area contributed by atoms with E-state index < -0.39 is 6.67 Å². The van der Waals surface area contributed by atoms with Crippen LogP contribution in [0.3, 0.4) is 0 Å². The van der Waals surface area contributed by atoms with Gasteiger partial charge in [-0.25, -0.2) is 4.39 Å². The van der Waals surface area contributed by atoms with E-state index in [1.165, 1.54) is 6.08 Å². The predicted octanol–water partition coefficient (Wildman–Crippen LogP) is 1.55. The largest absolute Gasteiger partial charge is 0.286 e. The van der Waals surface area contributed by atoms with Crippen molar-refractivity contribution >= 4 is 0 Å². The van der Waals surface area contributed by atoms with Crippen LogP contribution in [0.1, 0.15) is 0 Å². The lowest BCUT2D eigenvalue weighted by Gasteiger charge is -1.54. The summed E-state index contributed by atoms with van der Waals surface area (Å²) in [5, 5.41) is 6.21. The van der Waals surface area contributed by atoms with Crippen LogP contribution >= 0.6 is 0 Å². The van der Waals surface area contributed by atoms with Gasteiger partial charge in [-0.2, -0.15) is 5.10 Å². The molecule has 0 unspecified atom stereocenters. The lowest BCUT2D eigenvalue weighted by Crippen LogP contribution is -1.53. The molecule has 0 bridgehead atoms. The Morgan fingerprint density at radius 3 is 2.56 bits per heavy atom. The summed E-state index contributed by atoms with van der Waals surface area (Å²) in [4.78, 5) is 0. The van der Waals surface area contributed by atoms with Crippen molar-refractivity contribution < 1.29 is 4.39 Å². The quantitative estimate of drug-likeness (QED) is 0.571. The monoisotopic (exact) mass is 128 g/mol. The molecule has 1 aromatic heterocycles. The minimum atomic E-state index is -0.417. The van der Waals surface area contributed by atoms with Gasteiger partial charge in [0.15, 0.2) is 0 Å². The number of halogens is 1. The summed E-state index contributed by atoms with van der Waals surface area (Å²) in [6.45, 7) is 2.69. The topological polar surface area (TPSA) is 28.7 Å². The number of aromatic amines is 1. The normalized spacial score (nSPS) is 7.22. The van der Waals surface area contributed by atoms with Crippen LogP contribution in [-0.4, -0.2) is 16.9 Å². The van der Waals surface area contributed by atoms with Crippen LogP contribution in [0.2, 0.25) is 0 Å². The van der Waals surface area contributed by atoms with Crippen molar-refractivity contribution in [2.24, 2.45) is 0 Å². The molecule has 0 aliphatic rings. The zero-order valence-corrected chi connectivity index (χ0v) is 5.05. The molecule has 0 radical (unpaired) electrons. The number of aromatic nitrogens is 2. The number of allylic oxidation sites excluding steroid dienone is 1. The molecule has 1 N–H and O–H groups in total. The summed E-state index contributed by atoms with van der Waals surface area (Å²) >= 11 is 0. The second kappa shape index (κ2) is 6.88. The van der Waals surface area contributed by atoms with Crippen LogP contribution < -0.4 is 0 Å². The summed E-state index contributed by atoms with van der Waals surface area (Å²) in [7, 11) is 0. The van der Waals surface area contributed by atoms with Crippen molar-refractivity contribution in [3.05, 3.63) is 31.1 Å². The Labute approximate surface area is 53.4 Å². The molecule has 0 aromatic carbocycles. The van der Waals surface area contributed by atoms with Gasteiger partial charge >= 0.3 is 0 Å². The number of H-pyrrole nitrogens is 1. The Morgan fingerprint density at radius 2 is 2.44 bits per heavy atom. The van der Waals surface area contributed by atoms with E-state index >= 15 is 0 Å². The maximum atomic E-state index is 10.6. The molecule has 0 fully saturated rings. The smallest absolute Gasteiger partial charge is 0.107 e. The average Bonchev–Trinajstić information content (AvgIpc) is 2.43. The second-order valence-corrected chi connectivity index (χ2v) is 1.21. The van der Waals surface area contributed by atoms with E-state index in [0.29, 0.717) is 0 Å². The highest BCUT2D eigenvalue weighted by Gasteiger charge is 1.56. The number of hydrogen-bond donors (Lipinski definition) is 1. The number of hydrogen-bond acceptors (Lipinski definition) is 1. The minimum Gasteiger partial charge on any atom is -0.286 e. The molecule has 3 heteroatoms. The fourth-order valence-corrected chi connectivity index (χ4v) is 0.215. The highest BCUT2D eigenvalue weighted by molar-refractivity contribution is 4.72. The molecule has 1 rings (SSSR count). The summed E-state index contributed by atoms with van der Waals surface area (Å²) in [5.74, 6) is 0. The first-order chi connectivity index (χ1) is 4.41. The fraction of sp³-hybridized carbons (Fsp3) is 0.167. The van der Waals surface area contributed by atoms with Crippen molar-refractivity contribution in [3.8, 4) is 0 Å². The molecule has 50 valence electrons. The van der Waals surface area contributed by atoms with E-state index in [0.717, 1.165) is 0 Å². The van der Waals surface area contributed by atoms with E-state index in [9.17, 15) is 4.39 Å². The van der Waals surface area contributed by atoms with E-state index in [1.807, 2.05) is 6.07 Å². The van der Waals surface area contributed by atoms with Crippen molar-refractivity contribution in [3.63, 3.8) is 0 Å². The van der Waals surface area contributed by atoms with Gasteiger partial charge in [0.2, 0.25) is 0 Å². The third-order valence-electron chi connectivity index (χ3n) is 0.515. The Bertz CT molecular complexity index is 108. The Hall–Kier alpha value is -1.12. The maximum Gasteiger partial charge on any atom is 0.107 e. The zero-order valence-electron chi connectivity index (χ0n) is 5.05. The zero-order chi connectivity index (χ0) is 6.95. The number of nitrogens with one attached hydrogen (secondary N) is 1. The van der Waals surface area contributed by atoms with Gasteiger partial charge in [-0.15, -0.1) is 6.58 Å². The lowest BCUT2D eigenvalue weighted by molar-refractivity contribution is 0.562. The summed E-state index contributed by atoms with van der Waals surface area (Å²) in [6.07, 6.45) is 4.67. The van der Waals surface area contributed by atoms with Crippen molar-refractivity contribution in [1.82, 2.24) is 10.2 Å². The first-order valence-corrected chi connectivity index (χ1v) is 2.52. The van der Waals surface area contributed by atoms with Crippen LogP contribution in [0.4, 0.5) is 4.39 Å². The van der Waals surface area contributed by atoms with Gasteiger partial charge in [0.05, 0.1) is 0 Å². The van der Waals surface area contributed by atoms with Gasteiger partial charge in [0.1, 0.15) is 6.67 Å². The second-order valence-electron chi connectivity index (χ2n) is 1.21. The van der Waals surface area contributed by atoms with Crippen LogP contribution in [0, 0.1) is 0 Å². The van der Waals surface area contributed by atoms with E-state index in [1.54, 1.807) is 12.4 Å². The van der Waals surface area contributed by atoms with E-state index in [2.05, 4.69) is 16.8 Å². The molecular weight excluding hydrogens is 119 g/mol. The van der Waals surface area contributed by atoms with Gasteiger partial charge < -0.3 is 0 Å². The number of rotatable bonds is 1. The van der Waals surface area contributed by atoms with E-state index in [4.69, 9.17) is 0 Å². The van der Waals surface area contributed by atoms with Crippen molar-refractivity contribution in [1.29, 1.82) is 0 Å². The molecule has 9 heavy (non-hydrogen) atoms. The van der Waals surface area contributed by atoms with Gasteiger partial charge in [0, 0.05) is 12.4 Å². The third-order valence-corrected chi connectivity index (χ3v) is 0.515. The molecule has 1 aromatic rings. The van der Waals surface area contributed by atoms with Gasteiger partial charge in [-0.1, -0.05) is 6.08 Å². The summed E-state index contributed by atoms with van der Waals surface area (Å²) < 4.78 is 10.6. The molecular formula is C6H9FN2. The SMILES string of the molecule is C=CCF.c1cn[nH]c1. The van der Waals surface area contributed by atoms with Crippen LogP contribution in [-0.2, 0) is 0 Å². The maximum absolute atomic E-state index is 10.6. The number of nitrogens with zero attached hydrogens (tertiary/aromatic N) is 1. The lowest BCUT2D eigenvalue weighted by atomic mass is 10.7. The molecule has 0 spiro atoms. The molecule has 0 amide bonds. The van der Waals surface area contributed by atoms with Crippen LogP contribution in [0.15, 0.2) is 31.1 Å². The van der Waals surface area contributed by atoms with E-state index in [-0.39, 0.29) is 0 Å². The molecule has 0 aliphatic heterocycles. The van der Waals surface area contributed by atoms with Gasteiger partial charge in [-0.3, -0.25) is 5.10 Å². The standard InChI is InChI=1S/C3H5F.C3H4N2/c1-2-3-4;1-2-4-5-3-1/h2H,1,3H2;1-3H,(H,4,5). The predicted molar refractivity (Wildman–Crippen MR) is 34.8 cm³/mol. The highest BCUT2D eigenvalue weighted by Crippen LogP contribution is 1.64. The minimum absolute atomic E-state index is 0.417.